The zero-order chi connectivity index (χ0) is 14.0. The van der Waals surface area contributed by atoms with E-state index in [1.807, 2.05) is 0 Å². The maximum atomic E-state index is 12.9. The Kier molecular flexibility index (Phi) is 3.46. The maximum Gasteiger partial charge on any atom is 0.435 e. The van der Waals surface area contributed by atoms with Crippen LogP contribution in [-0.2, 0) is 19.8 Å². The number of hydrogen-bond donors (Lipinski definition) is 1. The van der Waals surface area contributed by atoms with E-state index in [0.717, 1.165) is 10.7 Å². The molecule has 0 aliphatic heterocycles. The van der Waals surface area contributed by atoms with Crippen molar-refractivity contribution in [1.82, 2.24) is 9.78 Å². The fraction of sp³-hybridized carbons (Fsp3) is 0.250. The Morgan fingerprint density at radius 2 is 2.00 bits per heavy atom. The van der Waals surface area contributed by atoms with Gasteiger partial charge in [0.2, 0.25) is 0 Å². The van der Waals surface area contributed by atoms with Crippen LogP contribution in [0, 0.1) is 5.82 Å². The van der Waals surface area contributed by atoms with Crippen LogP contribution in [0.25, 0.3) is 0 Å². The molecule has 19 heavy (non-hydrogen) atoms. The van der Waals surface area contributed by atoms with Gasteiger partial charge in [-0.05, 0) is 24.3 Å². The van der Waals surface area contributed by atoms with Crippen LogP contribution in [0.1, 0.15) is 11.4 Å². The van der Waals surface area contributed by atoms with Crippen LogP contribution in [0.3, 0.4) is 0 Å². The normalized spacial score (nSPS) is 11.6. The summed E-state index contributed by atoms with van der Waals surface area (Å²) in [5.41, 5.74) is -0.0858. The first-order valence-electron chi connectivity index (χ1n) is 5.46. The highest BCUT2D eigenvalue weighted by molar-refractivity contribution is 5.43. The highest BCUT2D eigenvalue weighted by Crippen LogP contribution is 2.28. The summed E-state index contributed by atoms with van der Waals surface area (Å²) in [6.07, 6.45) is -4.46. The van der Waals surface area contributed by atoms with Gasteiger partial charge in [0.15, 0.2) is 5.69 Å². The molecule has 0 radical (unpaired) electrons. The minimum atomic E-state index is -4.46. The first-order chi connectivity index (χ1) is 8.86. The molecule has 102 valence electrons. The molecule has 0 atom stereocenters. The molecule has 0 aliphatic carbocycles. The van der Waals surface area contributed by atoms with Gasteiger partial charge < -0.3 is 5.32 Å². The number of rotatable bonds is 3. The standard InChI is InChI=1S/C12H11F4N3/c1-19-10(6-11(18-19)12(14,15)16)7-17-9-4-2-3-8(13)5-9/h2-6,17H,7H2,1H3. The lowest BCUT2D eigenvalue weighted by Gasteiger charge is -2.06. The largest absolute Gasteiger partial charge is 0.435 e. The molecule has 1 aromatic heterocycles. The van der Waals surface area contributed by atoms with Crippen molar-refractivity contribution in [3.8, 4) is 0 Å². The van der Waals surface area contributed by atoms with E-state index in [4.69, 9.17) is 0 Å². The Morgan fingerprint density at radius 1 is 1.26 bits per heavy atom. The predicted octanol–water partition coefficient (Wildman–Crippen LogP) is 3.19. The third-order valence-corrected chi connectivity index (χ3v) is 2.57. The zero-order valence-electron chi connectivity index (χ0n) is 10.0. The van der Waals surface area contributed by atoms with E-state index in [2.05, 4.69) is 10.4 Å². The SMILES string of the molecule is Cn1nc(C(F)(F)F)cc1CNc1cccc(F)c1. The Bertz CT molecular complexity index is 575. The van der Waals surface area contributed by atoms with Crippen molar-refractivity contribution in [2.75, 3.05) is 5.32 Å². The van der Waals surface area contributed by atoms with Gasteiger partial charge in [0.25, 0.3) is 0 Å². The third-order valence-electron chi connectivity index (χ3n) is 2.57. The van der Waals surface area contributed by atoms with Crippen molar-refractivity contribution >= 4 is 5.69 Å². The number of hydrogen-bond acceptors (Lipinski definition) is 2. The molecule has 0 amide bonds. The van der Waals surface area contributed by atoms with Crippen LogP contribution in [0.5, 0.6) is 0 Å². The number of alkyl halides is 3. The quantitative estimate of drug-likeness (QED) is 0.870. The monoisotopic (exact) mass is 273 g/mol. The molecule has 2 aromatic rings. The summed E-state index contributed by atoms with van der Waals surface area (Å²) in [4.78, 5) is 0. The first-order valence-corrected chi connectivity index (χ1v) is 5.46. The van der Waals surface area contributed by atoms with Gasteiger partial charge in [-0.3, -0.25) is 4.68 Å². The van der Waals surface area contributed by atoms with Gasteiger partial charge in [0, 0.05) is 12.7 Å². The molecule has 0 bridgehead atoms. The summed E-state index contributed by atoms with van der Waals surface area (Å²) in [6.45, 7) is 0.128. The Balaban J connectivity index is 2.10. The van der Waals surface area contributed by atoms with Gasteiger partial charge >= 0.3 is 6.18 Å². The van der Waals surface area contributed by atoms with Crippen LogP contribution in [-0.4, -0.2) is 9.78 Å². The average molecular weight is 273 g/mol. The topological polar surface area (TPSA) is 29.9 Å². The molecule has 0 spiro atoms. The summed E-state index contributed by atoms with van der Waals surface area (Å²) >= 11 is 0. The fourth-order valence-corrected chi connectivity index (χ4v) is 1.60. The van der Waals surface area contributed by atoms with Crippen molar-refractivity contribution in [2.24, 2.45) is 7.05 Å². The van der Waals surface area contributed by atoms with Gasteiger partial charge in [-0.15, -0.1) is 0 Å². The van der Waals surface area contributed by atoms with Crippen LogP contribution < -0.4 is 5.32 Å². The number of nitrogens with zero attached hydrogens (tertiary/aromatic N) is 2. The van der Waals surface area contributed by atoms with Crippen molar-refractivity contribution in [3.63, 3.8) is 0 Å². The molecular formula is C12H11F4N3. The van der Waals surface area contributed by atoms with Gasteiger partial charge in [-0.25, -0.2) is 4.39 Å². The van der Waals surface area contributed by atoms with Crippen LogP contribution in [0.15, 0.2) is 30.3 Å². The number of halogens is 4. The van der Waals surface area contributed by atoms with Crippen LogP contribution in [0.4, 0.5) is 23.2 Å². The second-order valence-corrected chi connectivity index (χ2v) is 4.01. The second kappa shape index (κ2) is 4.91. The van der Waals surface area contributed by atoms with E-state index in [9.17, 15) is 17.6 Å². The van der Waals surface area contributed by atoms with Gasteiger partial charge in [0.1, 0.15) is 5.82 Å². The van der Waals surface area contributed by atoms with E-state index in [-0.39, 0.29) is 6.54 Å². The van der Waals surface area contributed by atoms with Gasteiger partial charge in [-0.2, -0.15) is 18.3 Å². The molecule has 3 nitrogen and oxygen atoms in total. The zero-order valence-corrected chi connectivity index (χ0v) is 10.0. The number of nitrogens with one attached hydrogen (secondary N) is 1. The van der Waals surface area contributed by atoms with E-state index < -0.39 is 17.7 Å². The smallest absolute Gasteiger partial charge is 0.379 e. The molecule has 0 fully saturated rings. The molecule has 7 heteroatoms. The lowest BCUT2D eigenvalue weighted by atomic mass is 10.3. The van der Waals surface area contributed by atoms with Crippen molar-refractivity contribution in [1.29, 1.82) is 0 Å². The number of aryl methyl sites for hydroxylation is 1. The van der Waals surface area contributed by atoms with Crippen molar-refractivity contribution in [2.45, 2.75) is 12.7 Å². The molecule has 1 aromatic carbocycles. The molecule has 0 saturated carbocycles. The summed E-state index contributed by atoms with van der Waals surface area (Å²) in [7, 11) is 1.43. The summed E-state index contributed by atoms with van der Waals surface area (Å²) < 4.78 is 51.4. The lowest BCUT2D eigenvalue weighted by Crippen LogP contribution is -2.07. The highest BCUT2D eigenvalue weighted by Gasteiger charge is 2.34. The second-order valence-electron chi connectivity index (χ2n) is 4.01. The van der Waals surface area contributed by atoms with E-state index >= 15 is 0 Å². The molecule has 2 rings (SSSR count). The fourth-order valence-electron chi connectivity index (χ4n) is 1.60. The van der Waals surface area contributed by atoms with Gasteiger partial charge in [-0.1, -0.05) is 6.07 Å². The molecule has 1 heterocycles. The molecule has 0 aliphatic rings. The van der Waals surface area contributed by atoms with E-state index in [0.29, 0.717) is 11.4 Å². The number of aromatic nitrogens is 2. The lowest BCUT2D eigenvalue weighted by molar-refractivity contribution is -0.141. The molecule has 1 N–H and O–H groups in total. The van der Waals surface area contributed by atoms with Gasteiger partial charge in [0.05, 0.1) is 12.2 Å². The van der Waals surface area contributed by atoms with Crippen LogP contribution in [0.2, 0.25) is 0 Å². The Hall–Kier alpha value is -2.05. The first kappa shape index (κ1) is 13.4. The summed E-state index contributed by atoms with van der Waals surface area (Å²) in [6, 6.07) is 6.66. The van der Waals surface area contributed by atoms with Crippen molar-refractivity contribution in [3.05, 3.63) is 47.5 Å². The number of anilines is 1. The maximum absolute atomic E-state index is 12.9. The minimum Gasteiger partial charge on any atom is -0.379 e. The van der Waals surface area contributed by atoms with E-state index in [1.165, 1.54) is 25.2 Å². The van der Waals surface area contributed by atoms with Crippen LogP contribution >= 0.6 is 0 Å². The Morgan fingerprint density at radius 3 is 2.58 bits per heavy atom. The molecule has 0 saturated heterocycles. The molecule has 0 unspecified atom stereocenters. The highest BCUT2D eigenvalue weighted by atomic mass is 19.4. The minimum absolute atomic E-state index is 0.128. The average Bonchev–Trinajstić information content (AvgIpc) is 2.68. The third kappa shape index (κ3) is 3.24. The summed E-state index contributed by atoms with van der Waals surface area (Å²) in [5, 5.41) is 6.23. The van der Waals surface area contributed by atoms with Crippen molar-refractivity contribution < 1.29 is 17.6 Å². The number of benzene rings is 1. The molecular weight excluding hydrogens is 262 g/mol. The summed E-state index contributed by atoms with van der Waals surface area (Å²) in [5.74, 6) is -0.411. The predicted molar refractivity (Wildman–Crippen MR) is 61.9 cm³/mol. The Labute approximate surface area is 106 Å². The van der Waals surface area contributed by atoms with E-state index in [1.54, 1.807) is 6.07 Å².